The van der Waals surface area contributed by atoms with Crippen molar-refractivity contribution in [3.8, 4) is 5.75 Å². The van der Waals surface area contributed by atoms with Gasteiger partial charge in [-0.05, 0) is 42.3 Å². The molecule has 2 aromatic rings. The topological polar surface area (TPSA) is 98.7 Å². The first-order valence-corrected chi connectivity index (χ1v) is 8.64. The summed E-state index contributed by atoms with van der Waals surface area (Å²) >= 11 is 0. The molecule has 6 heteroatoms. The van der Waals surface area contributed by atoms with Gasteiger partial charge in [-0.15, -0.1) is 0 Å². The zero-order valence-electron chi connectivity index (χ0n) is 14.5. The molecule has 2 amide bonds. The Kier molecular flexibility index (Phi) is 5.53. The van der Waals surface area contributed by atoms with Crippen LogP contribution in [-0.4, -0.2) is 43.0 Å². The molecule has 0 aromatic heterocycles. The van der Waals surface area contributed by atoms with Crippen LogP contribution in [0.4, 0.5) is 0 Å². The van der Waals surface area contributed by atoms with Gasteiger partial charge in [0.25, 0.3) is 5.91 Å². The number of likely N-dealkylation sites (tertiary alicyclic amines) is 1. The van der Waals surface area contributed by atoms with Crippen LogP contribution in [0.2, 0.25) is 0 Å². The lowest BCUT2D eigenvalue weighted by molar-refractivity contribution is -0.132. The van der Waals surface area contributed by atoms with Gasteiger partial charge in [0.2, 0.25) is 5.91 Å². The zero-order chi connectivity index (χ0) is 18.5. The van der Waals surface area contributed by atoms with Crippen LogP contribution in [0.15, 0.2) is 54.6 Å². The lowest BCUT2D eigenvalue weighted by Crippen LogP contribution is -2.33. The van der Waals surface area contributed by atoms with Crippen molar-refractivity contribution in [1.82, 2.24) is 4.90 Å². The number of carbonyl (C=O) groups excluding carboxylic acids is 2. The molecule has 4 N–H and O–H groups in total. The third-order valence-corrected chi connectivity index (χ3v) is 4.83. The Hall–Kier alpha value is -2.86. The predicted molar refractivity (Wildman–Crippen MR) is 98.8 cm³/mol. The van der Waals surface area contributed by atoms with Crippen LogP contribution >= 0.6 is 0 Å². The molecule has 2 atom stereocenters. The van der Waals surface area contributed by atoms with Crippen molar-refractivity contribution in [2.45, 2.75) is 5.92 Å². The van der Waals surface area contributed by atoms with Gasteiger partial charge in [0, 0.05) is 24.6 Å². The monoisotopic (exact) mass is 353 g/mol. The van der Waals surface area contributed by atoms with E-state index in [4.69, 9.17) is 16.2 Å². The van der Waals surface area contributed by atoms with Crippen molar-refractivity contribution in [1.29, 1.82) is 0 Å². The van der Waals surface area contributed by atoms with Crippen LogP contribution in [0.5, 0.6) is 5.75 Å². The summed E-state index contributed by atoms with van der Waals surface area (Å²) in [7, 11) is 0. The highest BCUT2D eigenvalue weighted by Gasteiger charge is 2.35. The number of nitrogens with zero attached hydrogens (tertiary/aromatic N) is 1. The number of hydrogen-bond donors (Lipinski definition) is 2. The van der Waals surface area contributed by atoms with E-state index in [1.54, 1.807) is 24.3 Å². The van der Waals surface area contributed by atoms with Gasteiger partial charge >= 0.3 is 0 Å². The molecule has 1 fully saturated rings. The van der Waals surface area contributed by atoms with Crippen LogP contribution in [0, 0.1) is 5.92 Å². The Balaban J connectivity index is 1.59. The zero-order valence-corrected chi connectivity index (χ0v) is 14.5. The highest BCUT2D eigenvalue weighted by atomic mass is 16.5. The fourth-order valence-corrected chi connectivity index (χ4v) is 3.34. The van der Waals surface area contributed by atoms with E-state index in [9.17, 15) is 9.59 Å². The molecule has 0 bridgehead atoms. The van der Waals surface area contributed by atoms with E-state index < -0.39 is 5.91 Å². The Morgan fingerprint density at radius 2 is 1.73 bits per heavy atom. The van der Waals surface area contributed by atoms with Gasteiger partial charge in [-0.3, -0.25) is 9.59 Å². The largest absolute Gasteiger partial charge is 0.484 e. The molecule has 0 radical (unpaired) electrons. The van der Waals surface area contributed by atoms with E-state index in [0.29, 0.717) is 30.9 Å². The summed E-state index contributed by atoms with van der Waals surface area (Å²) < 4.78 is 5.55. The molecule has 26 heavy (non-hydrogen) atoms. The summed E-state index contributed by atoms with van der Waals surface area (Å²) in [5.74, 6) is 0.457. The van der Waals surface area contributed by atoms with Gasteiger partial charge in [0.15, 0.2) is 6.61 Å². The molecule has 1 saturated heterocycles. The number of ether oxygens (including phenoxy) is 1. The van der Waals surface area contributed by atoms with Crippen molar-refractivity contribution in [2.75, 3.05) is 26.2 Å². The molecule has 0 unspecified atom stereocenters. The molecule has 1 heterocycles. The minimum absolute atomic E-state index is 0.0469. The van der Waals surface area contributed by atoms with Gasteiger partial charge < -0.3 is 21.1 Å². The van der Waals surface area contributed by atoms with Gasteiger partial charge in [-0.2, -0.15) is 0 Å². The van der Waals surface area contributed by atoms with E-state index in [1.165, 1.54) is 5.56 Å². The van der Waals surface area contributed by atoms with E-state index in [2.05, 4.69) is 12.1 Å². The van der Waals surface area contributed by atoms with Crippen LogP contribution in [0.3, 0.4) is 0 Å². The first-order valence-electron chi connectivity index (χ1n) is 8.64. The highest BCUT2D eigenvalue weighted by Crippen LogP contribution is 2.32. The molecule has 0 saturated carbocycles. The quantitative estimate of drug-likeness (QED) is 0.819. The fourth-order valence-electron chi connectivity index (χ4n) is 3.34. The normalized spacial score (nSPS) is 19.3. The number of primary amides is 1. The Labute approximate surface area is 152 Å². The number of rotatable bonds is 6. The molecular formula is C20H23N3O3. The molecule has 0 aliphatic carbocycles. The SMILES string of the molecule is NC[C@@H]1CN(C(=O)COc2ccc(C(N)=O)cc2)C[C@H]1c1ccccc1. The number of benzene rings is 2. The second-order valence-corrected chi connectivity index (χ2v) is 6.49. The van der Waals surface area contributed by atoms with Crippen LogP contribution in [-0.2, 0) is 4.79 Å². The average Bonchev–Trinajstić information content (AvgIpc) is 3.11. The standard InChI is InChI=1S/C20H23N3O3/c21-10-16-11-23(12-18(16)14-4-2-1-3-5-14)19(24)13-26-17-8-6-15(7-9-17)20(22)25/h1-9,16,18H,10-13,21H2,(H2,22,25)/t16-,18+/m1/s1. The lowest BCUT2D eigenvalue weighted by atomic mass is 9.89. The van der Waals surface area contributed by atoms with E-state index in [0.717, 1.165) is 0 Å². The molecule has 6 nitrogen and oxygen atoms in total. The molecule has 2 aromatic carbocycles. The summed E-state index contributed by atoms with van der Waals surface area (Å²) in [5.41, 5.74) is 12.7. The summed E-state index contributed by atoms with van der Waals surface area (Å²) in [6.45, 7) is 1.78. The average molecular weight is 353 g/mol. The molecule has 0 spiro atoms. The molecule has 136 valence electrons. The van der Waals surface area contributed by atoms with Crippen LogP contribution < -0.4 is 16.2 Å². The minimum atomic E-state index is -0.496. The second kappa shape index (κ2) is 8.01. The Morgan fingerprint density at radius 3 is 2.35 bits per heavy atom. The van der Waals surface area contributed by atoms with Gasteiger partial charge in [-0.1, -0.05) is 30.3 Å². The Morgan fingerprint density at radius 1 is 1.04 bits per heavy atom. The summed E-state index contributed by atoms with van der Waals surface area (Å²) in [5, 5.41) is 0. The molecule has 1 aliphatic rings. The number of nitrogens with two attached hydrogens (primary N) is 2. The van der Waals surface area contributed by atoms with Crippen molar-refractivity contribution in [3.63, 3.8) is 0 Å². The third kappa shape index (κ3) is 4.03. The Bertz CT molecular complexity index is 762. The highest BCUT2D eigenvalue weighted by molar-refractivity contribution is 5.92. The first-order chi connectivity index (χ1) is 12.6. The van der Waals surface area contributed by atoms with Gasteiger partial charge in [0.1, 0.15) is 5.75 Å². The summed E-state index contributed by atoms with van der Waals surface area (Å²) in [4.78, 5) is 25.4. The maximum Gasteiger partial charge on any atom is 0.260 e. The van der Waals surface area contributed by atoms with Crippen molar-refractivity contribution < 1.29 is 14.3 Å². The minimum Gasteiger partial charge on any atom is -0.484 e. The fraction of sp³-hybridized carbons (Fsp3) is 0.300. The van der Waals surface area contributed by atoms with E-state index >= 15 is 0 Å². The first kappa shape index (κ1) is 17.9. The molecule has 1 aliphatic heterocycles. The van der Waals surface area contributed by atoms with Gasteiger partial charge in [0.05, 0.1) is 0 Å². The summed E-state index contributed by atoms with van der Waals surface area (Å²) in [6, 6.07) is 16.6. The number of carbonyl (C=O) groups is 2. The van der Waals surface area contributed by atoms with Gasteiger partial charge in [-0.25, -0.2) is 0 Å². The van der Waals surface area contributed by atoms with Crippen LogP contribution in [0.25, 0.3) is 0 Å². The number of hydrogen-bond acceptors (Lipinski definition) is 4. The van der Waals surface area contributed by atoms with Crippen molar-refractivity contribution in [2.24, 2.45) is 17.4 Å². The molecular weight excluding hydrogens is 330 g/mol. The van der Waals surface area contributed by atoms with Crippen molar-refractivity contribution in [3.05, 3.63) is 65.7 Å². The lowest BCUT2D eigenvalue weighted by Gasteiger charge is -2.17. The maximum absolute atomic E-state index is 12.5. The summed E-state index contributed by atoms with van der Waals surface area (Å²) in [6.07, 6.45) is 0. The van der Waals surface area contributed by atoms with Crippen LogP contribution in [0.1, 0.15) is 21.8 Å². The van der Waals surface area contributed by atoms with Crippen molar-refractivity contribution >= 4 is 11.8 Å². The van der Waals surface area contributed by atoms with E-state index in [1.807, 2.05) is 23.1 Å². The van der Waals surface area contributed by atoms with E-state index in [-0.39, 0.29) is 24.3 Å². The molecule has 3 rings (SSSR count). The maximum atomic E-state index is 12.5. The third-order valence-electron chi connectivity index (χ3n) is 4.83. The second-order valence-electron chi connectivity index (χ2n) is 6.49. The number of amides is 2. The predicted octanol–water partition coefficient (Wildman–Crippen LogP) is 1.37. The smallest absolute Gasteiger partial charge is 0.260 e.